The lowest BCUT2D eigenvalue weighted by Gasteiger charge is -2.23. The van der Waals surface area contributed by atoms with Crippen LogP contribution in [0.2, 0.25) is 0 Å². The molecule has 1 aromatic heterocycles. The van der Waals surface area contributed by atoms with E-state index in [0.29, 0.717) is 18.8 Å². The van der Waals surface area contributed by atoms with Crippen LogP contribution in [-0.4, -0.2) is 16.1 Å². The van der Waals surface area contributed by atoms with Gasteiger partial charge in [-0.2, -0.15) is 13.2 Å². The minimum absolute atomic E-state index is 0.100. The summed E-state index contributed by atoms with van der Waals surface area (Å²) in [6.45, 7) is 2.08. The highest BCUT2D eigenvalue weighted by atomic mass is 19.4. The summed E-state index contributed by atoms with van der Waals surface area (Å²) in [4.78, 5) is 14.2. The normalized spacial score (nSPS) is 24.4. The molecule has 1 saturated carbocycles. The fourth-order valence-corrected chi connectivity index (χ4v) is 2.36. The number of oxazole rings is 1. The predicted octanol–water partition coefficient (Wildman–Crippen LogP) is 3.69. The van der Waals surface area contributed by atoms with Crippen LogP contribution >= 0.6 is 0 Å². The Balaban J connectivity index is 2.30. The van der Waals surface area contributed by atoms with E-state index in [1.54, 1.807) is 0 Å². The van der Waals surface area contributed by atoms with Crippen LogP contribution in [0.4, 0.5) is 13.2 Å². The van der Waals surface area contributed by atoms with Crippen molar-refractivity contribution in [2.45, 2.75) is 44.7 Å². The lowest BCUT2D eigenvalue weighted by atomic mass is 9.83. The molecular formula is C12H14F3NO3. The number of hydrogen-bond donors (Lipinski definition) is 1. The van der Waals surface area contributed by atoms with Crippen molar-refractivity contribution in [2.75, 3.05) is 0 Å². The zero-order valence-corrected chi connectivity index (χ0v) is 10.3. The van der Waals surface area contributed by atoms with Crippen LogP contribution in [0.25, 0.3) is 0 Å². The van der Waals surface area contributed by atoms with Crippen molar-refractivity contribution < 1.29 is 27.5 Å². The van der Waals surface area contributed by atoms with Gasteiger partial charge in [-0.25, -0.2) is 9.78 Å². The van der Waals surface area contributed by atoms with E-state index in [4.69, 9.17) is 9.52 Å². The molecule has 0 saturated heterocycles. The highest BCUT2D eigenvalue weighted by Gasteiger charge is 2.42. The van der Waals surface area contributed by atoms with Crippen LogP contribution < -0.4 is 0 Å². The lowest BCUT2D eigenvalue weighted by Crippen LogP contribution is -2.13. The van der Waals surface area contributed by atoms with E-state index in [1.807, 2.05) is 0 Å². The Kier molecular flexibility index (Phi) is 3.56. The molecule has 4 nitrogen and oxygen atoms in total. The van der Waals surface area contributed by atoms with E-state index < -0.39 is 23.6 Å². The monoisotopic (exact) mass is 277 g/mol. The van der Waals surface area contributed by atoms with E-state index >= 15 is 0 Å². The molecule has 1 aliphatic rings. The first kappa shape index (κ1) is 13.9. The number of carbonyl (C=O) groups is 1. The third kappa shape index (κ3) is 2.90. The average Bonchev–Trinajstić information content (AvgIpc) is 2.74. The third-order valence-corrected chi connectivity index (χ3v) is 3.47. The van der Waals surface area contributed by atoms with Crippen LogP contribution in [-0.2, 0) is 6.18 Å². The Morgan fingerprint density at radius 2 is 1.89 bits per heavy atom. The summed E-state index contributed by atoms with van der Waals surface area (Å²) in [6.07, 6.45) is -1.68. The van der Waals surface area contributed by atoms with E-state index in [2.05, 4.69) is 11.9 Å². The average molecular weight is 277 g/mol. The molecule has 0 radical (unpaired) electrons. The standard InChI is InChI=1S/C12H14F3NO3/c1-6-2-4-7(5-3-6)10-16-9(12(13,14)15)8(19-10)11(17)18/h6-7H,2-5H2,1H3,(H,17,18). The Morgan fingerprint density at radius 1 is 1.32 bits per heavy atom. The Bertz CT molecular complexity index is 473. The van der Waals surface area contributed by atoms with Gasteiger partial charge < -0.3 is 9.52 Å². The van der Waals surface area contributed by atoms with Gasteiger partial charge in [-0.15, -0.1) is 0 Å². The molecule has 1 N–H and O–H groups in total. The van der Waals surface area contributed by atoms with Crippen molar-refractivity contribution in [3.05, 3.63) is 17.3 Å². The third-order valence-electron chi connectivity index (χ3n) is 3.47. The summed E-state index contributed by atoms with van der Waals surface area (Å²) in [5.41, 5.74) is -1.44. The molecule has 2 rings (SSSR count). The van der Waals surface area contributed by atoms with Crippen molar-refractivity contribution in [1.82, 2.24) is 4.98 Å². The summed E-state index contributed by atoms with van der Waals surface area (Å²) in [5.74, 6) is -2.63. The molecule has 1 heterocycles. The summed E-state index contributed by atoms with van der Waals surface area (Å²) >= 11 is 0. The van der Waals surface area contributed by atoms with Crippen LogP contribution in [0, 0.1) is 5.92 Å². The molecule has 0 aromatic carbocycles. The van der Waals surface area contributed by atoms with Gasteiger partial charge in [-0.3, -0.25) is 0 Å². The molecule has 0 aliphatic heterocycles. The number of rotatable bonds is 2. The smallest absolute Gasteiger partial charge is 0.437 e. The van der Waals surface area contributed by atoms with E-state index in [1.165, 1.54) is 0 Å². The summed E-state index contributed by atoms with van der Waals surface area (Å²) in [6, 6.07) is 0. The van der Waals surface area contributed by atoms with E-state index in [9.17, 15) is 18.0 Å². The lowest BCUT2D eigenvalue weighted by molar-refractivity contribution is -0.141. The maximum atomic E-state index is 12.7. The molecule has 1 aromatic rings. The van der Waals surface area contributed by atoms with Crippen molar-refractivity contribution in [3.63, 3.8) is 0 Å². The maximum Gasteiger partial charge on any atom is 0.437 e. The number of nitrogens with zero attached hydrogens (tertiary/aromatic N) is 1. The van der Waals surface area contributed by atoms with Crippen LogP contribution in [0.1, 0.15) is 60.7 Å². The molecule has 19 heavy (non-hydrogen) atoms. The SMILES string of the molecule is CC1CCC(c2nc(C(F)(F)F)c(C(=O)O)o2)CC1. The molecule has 1 fully saturated rings. The quantitative estimate of drug-likeness (QED) is 0.895. The topological polar surface area (TPSA) is 63.3 Å². The molecule has 7 heteroatoms. The highest BCUT2D eigenvalue weighted by Crippen LogP contribution is 2.38. The molecule has 106 valence electrons. The Hall–Kier alpha value is -1.53. The molecule has 0 bridgehead atoms. The van der Waals surface area contributed by atoms with Gasteiger partial charge in [0.1, 0.15) is 0 Å². The first-order valence-corrected chi connectivity index (χ1v) is 6.10. The Morgan fingerprint density at radius 3 is 2.32 bits per heavy atom. The minimum atomic E-state index is -4.81. The number of aromatic nitrogens is 1. The van der Waals surface area contributed by atoms with Crippen molar-refractivity contribution >= 4 is 5.97 Å². The second-order valence-corrected chi connectivity index (χ2v) is 4.99. The molecule has 0 atom stereocenters. The molecule has 0 unspecified atom stereocenters. The van der Waals surface area contributed by atoms with Crippen LogP contribution in [0.5, 0.6) is 0 Å². The van der Waals surface area contributed by atoms with Crippen LogP contribution in [0.3, 0.4) is 0 Å². The van der Waals surface area contributed by atoms with Gasteiger partial charge >= 0.3 is 12.1 Å². The van der Waals surface area contributed by atoms with Crippen molar-refractivity contribution in [3.8, 4) is 0 Å². The van der Waals surface area contributed by atoms with Gasteiger partial charge in [0.05, 0.1) is 0 Å². The maximum absolute atomic E-state index is 12.7. The van der Waals surface area contributed by atoms with Gasteiger partial charge in [-0.05, 0) is 31.6 Å². The zero-order chi connectivity index (χ0) is 14.2. The summed E-state index contributed by atoms with van der Waals surface area (Å²) in [5, 5.41) is 8.75. The highest BCUT2D eigenvalue weighted by molar-refractivity contribution is 5.85. The number of alkyl halides is 3. The minimum Gasteiger partial charge on any atom is -0.475 e. The molecule has 0 amide bonds. The molecule has 1 aliphatic carbocycles. The van der Waals surface area contributed by atoms with Crippen LogP contribution in [0.15, 0.2) is 4.42 Å². The summed E-state index contributed by atoms with van der Waals surface area (Å²) in [7, 11) is 0. The number of aromatic carboxylic acids is 1. The van der Waals surface area contributed by atoms with Crippen molar-refractivity contribution in [2.24, 2.45) is 5.92 Å². The van der Waals surface area contributed by atoms with Crippen molar-refractivity contribution in [1.29, 1.82) is 0 Å². The Labute approximate surface area is 107 Å². The second kappa shape index (κ2) is 4.86. The largest absolute Gasteiger partial charge is 0.475 e. The fourth-order valence-electron chi connectivity index (χ4n) is 2.36. The fraction of sp³-hybridized carbons (Fsp3) is 0.667. The predicted molar refractivity (Wildman–Crippen MR) is 58.8 cm³/mol. The number of hydrogen-bond acceptors (Lipinski definition) is 3. The zero-order valence-electron chi connectivity index (χ0n) is 10.3. The molecular weight excluding hydrogens is 263 g/mol. The number of carboxylic acid groups (broad SMARTS) is 1. The van der Waals surface area contributed by atoms with Gasteiger partial charge in [0.25, 0.3) is 0 Å². The number of carboxylic acids is 1. The van der Waals surface area contributed by atoms with Gasteiger partial charge in [-0.1, -0.05) is 6.92 Å². The number of halogens is 3. The van der Waals surface area contributed by atoms with E-state index in [0.717, 1.165) is 12.8 Å². The summed E-state index contributed by atoms with van der Waals surface area (Å²) < 4.78 is 42.8. The van der Waals surface area contributed by atoms with Gasteiger partial charge in [0, 0.05) is 5.92 Å². The first-order valence-electron chi connectivity index (χ1n) is 6.10. The van der Waals surface area contributed by atoms with Gasteiger partial charge in [0.2, 0.25) is 5.76 Å². The van der Waals surface area contributed by atoms with E-state index in [-0.39, 0.29) is 11.8 Å². The second-order valence-electron chi connectivity index (χ2n) is 4.99. The molecule has 0 spiro atoms. The van der Waals surface area contributed by atoms with Gasteiger partial charge in [0.15, 0.2) is 11.6 Å². The first-order chi connectivity index (χ1) is 8.79.